The van der Waals surface area contributed by atoms with Crippen molar-refractivity contribution in [1.82, 2.24) is 4.98 Å². The molecule has 0 spiro atoms. The number of anilines is 2. The topological polar surface area (TPSA) is 54.5 Å². The van der Waals surface area contributed by atoms with E-state index < -0.39 is 0 Å². The van der Waals surface area contributed by atoms with Gasteiger partial charge in [0.1, 0.15) is 11.6 Å². The lowest BCUT2D eigenvalue weighted by molar-refractivity contribution is -0.116. The normalized spacial score (nSPS) is 17.2. The monoisotopic (exact) mass is 339 g/mol. The number of carbonyl (C=O) groups excluding carboxylic acids is 1. The summed E-state index contributed by atoms with van der Waals surface area (Å²) in [5.41, 5.74) is 1.12. The van der Waals surface area contributed by atoms with Gasteiger partial charge >= 0.3 is 0 Å². The van der Waals surface area contributed by atoms with Gasteiger partial charge in [-0.3, -0.25) is 4.79 Å². The van der Waals surface area contributed by atoms with Crippen molar-refractivity contribution in [3.63, 3.8) is 0 Å². The number of piperidine rings is 1. The molecule has 1 amide bonds. The van der Waals surface area contributed by atoms with Gasteiger partial charge in [0.05, 0.1) is 24.9 Å². The highest BCUT2D eigenvalue weighted by Crippen LogP contribution is 2.23. The predicted octanol–water partition coefficient (Wildman–Crippen LogP) is 3.73. The second kappa shape index (κ2) is 8.51. The Balaban J connectivity index is 1.45. The van der Waals surface area contributed by atoms with Gasteiger partial charge in [0.15, 0.2) is 0 Å². The van der Waals surface area contributed by atoms with E-state index in [2.05, 4.69) is 22.1 Å². The summed E-state index contributed by atoms with van der Waals surface area (Å²) in [5.74, 6) is 1.98. The van der Waals surface area contributed by atoms with Crippen LogP contribution in [0.4, 0.5) is 11.5 Å². The Morgan fingerprint density at radius 2 is 2.12 bits per heavy atom. The Bertz CT molecular complexity index is 673. The molecule has 1 fully saturated rings. The molecule has 1 unspecified atom stereocenters. The first-order valence-electron chi connectivity index (χ1n) is 8.89. The summed E-state index contributed by atoms with van der Waals surface area (Å²) >= 11 is 0. The molecule has 1 aromatic heterocycles. The molecule has 1 atom stereocenters. The van der Waals surface area contributed by atoms with Crippen molar-refractivity contribution in [3.8, 4) is 5.75 Å². The van der Waals surface area contributed by atoms with Crippen molar-refractivity contribution in [3.05, 3.63) is 48.7 Å². The van der Waals surface area contributed by atoms with Crippen LogP contribution in [-0.4, -0.2) is 30.6 Å². The highest BCUT2D eigenvalue weighted by Gasteiger charge is 2.16. The highest BCUT2D eigenvalue weighted by molar-refractivity contribution is 5.89. The number of hydrogen-bond acceptors (Lipinski definition) is 4. The van der Waals surface area contributed by atoms with Gasteiger partial charge in [-0.05, 0) is 43.0 Å². The van der Waals surface area contributed by atoms with E-state index >= 15 is 0 Å². The van der Waals surface area contributed by atoms with Crippen LogP contribution >= 0.6 is 0 Å². The van der Waals surface area contributed by atoms with Crippen molar-refractivity contribution in [1.29, 1.82) is 0 Å². The summed E-state index contributed by atoms with van der Waals surface area (Å²) < 4.78 is 5.53. The minimum atomic E-state index is -0.0947. The number of carbonyl (C=O) groups is 1. The molecule has 1 aromatic carbocycles. The number of aromatic nitrogens is 1. The molecular formula is C20H25N3O2. The molecular weight excluding hydrogens is 314 g/mol. The average Bonchev–Trinajstić information content (AvgIpc) is 2.63. The third-order valence-corrected chi connectivity index (χ3v) is 4.38. The van der Waals surface area contributed by atoms with Gasteiger partial charge in [0.25, 0.3) is 0 Å². The molecule has 0 saturated carbocycles. The minimum Gasteiger partial charge on any atom is -0.493 e. The van der Waals surface area contributed by atoms with E-state index in [1.165, 1.54) is 12.8 Å². The van der Waals surface area contributed by atoms with E-state index in [1.807, 2.05) is 48.7 Å². The minimum absolute atomic E-state index is 0.0947. The summed E-state index contributed by atoms with van der Waals surface area (Å²) in [7, 11) is 0. The largest absolute Gasteiger partial charge is 0.493 e. The van der Waals surface area contributed by atoms with Crippen molar-refractivity contribution < 1.29 is 9.53 Å². The van der Waals surface area contributed by atoms with Crippen LogP contribution in [0.15, 0.2) is 48.7 Å². The van der Waals surface area contributed by atoms with E-state index in [0.717, 1.165) is 30.4 Å². The van der Waals surface area contributed by atoms with Crippen molar-refractivity contribution >= 4 is 17.4 Å². The van der Waals surface area contributed by atoms with Gasteiger partial charge in [0, 0.05) is 13.1 Å². The molecule has 5 nitrogen and oxygen atoms in total. The number of ether oxygens (including phenoxy) is 1. The predicted molar refractivity (Wildman–Crippen MR) is 100 cm³/mol. The number of hydrogen-bond donors (Lipinski definition) is 1. The molecule has 1 N–H and O–H groups in total. The van der Waals surface area contributed by atoms with E-state index in [9.17, 15) is 4.79 Å². The molecule has 25 heavy (non-hydrogen) atoms. The summed E-state index contributed by atoms with van der Waals surface area (Å²) in [4.78, 5) is 18.7. The van der Waals surface area contributed by atoms with Crippen molar-refractivity contribution in [2.75, 3.05) is 29.9 Å². The molecule has 0 bridgehead atoms. The Labute approximate surface area is 149 Å². The average molecular weight is 339 g/mol. The van der Waals surface area contributed by atoms with Crippen LogP contribution in [0.25, 0.3) is 0 Å². The highest BCUT2D eigenvalue weighted by atomic mass is 16.5. The molecule has 1 saturated heterocycles. The van der Waals surface area contributed by atoms with Gasteiger partial charge in [-0.1, -0.05) is 25.1 Å². The number of pyridine rings is 1. The number of amides is 1. The Hall–Kier alpha value is -2.56. The van der Waals surface area contributed by atoms with Crippen molar-refractivity contribution in [2.45, 2.75) is 26.2 Å². The van der Waals surface area contributed by atoms with Gasteiger partial charge in [-0.15, -0.1) is 0 Å². The Kier molecular flexibility index (Phi) is 5.88. The number of nitrogens with one attached hydrogen (secondary N) is 1. The summed E-state index contributed by atoms with van der Waals surface area (Å²) in [6.45, 7) is 4.78. The third-order valence-electron chi connectivity index (χ3n) is 4.38. The fraction of sp³-hybridized carbons (Fsp3) is 0.400. The number of rotatable bonds is 6. The van der Waals surface area contributed by atoms with E-state index in [0.29, 0.717) is 18.8 Å². The summed E-state index contributed by atoms with van der Waals surface area (Å²) in [5, 5.41) is 2.82. The molecule has 2 aromatic rings. The maximum atomic E-state index is 12.0. The van der Waals surface area contributed by atoms with Gasteiger partial charge in [-0.2, -0.15) is 0 Å². The van der Waals surface area contributed by atoms with E-state index in [4.69, 9.17) is 4.74 Å². The maximum absolute atomic E-state index is 12.0. The molecule has 1 aliphatic heterocycles. The maximum Gasteiger partial charge on any atom is 0.228 e. The Morgan fingerprint density at radius 3 is 2.84 bits per heavy atom. The zero-order valence-electron chi connectivity index (χ0n) is 14.6. The zero-order chi connectivity index (χ0) is 17.5. The third kappa shape index (κ3) is 5.21. The van der Waals surface area contributed by atoms with E-state index in [1.54, 1.807) is 0 Å². The van der Waals surface area contributed by atoms with Crippen LogP contribution in [0, 0.1) is 5.92 Å². The fourth-order valence-corrected chi connectivity index (χ4v) is 3.05. The lowest BCUT2D eigenvalue weighted by Crippen LogP contribution is -2.34. The van der Waals surface area contributed by atoms with Crippen LogP contribution < -0.4 is 15.0 Å². The van der Waals surface area contributed by atoms with Crippen LogP contribution in [0.5, 0.6) is 5.75 Å². The summed E-state index contributed by atoms with van der Waals surface area (Å²) in [6.07, 6.45) is 4.65. The molecule has 1 aliphatic rings. The number of nitrogens with zero attached hydrogens (tertiary/aromatic N) is 2. The first kappa shape index (κ1) is 17.3. The van der Waals surface area contributed by atoms with Crippen LogP contribution in [0.1, 0.15) is 26.2 Å². The quantitative estimate of drug-likeness (QED) is 0.871. The lowest BCUT2D eigenvalue weighted by Gasteiger charge is -2.32. The SMILES string of the molecule is CC1CCCN(c2ccc(NC(=O)CCOc3ccccc3)nc2)C1. The second-order valence-electron chi connectivity index (χ2n) is 6.55. The molecule has 132 valence electrons. The van der Waals surface area contributed by atoms with Crippen LogP contribution in [-0.2, 0) is 4.79 Å². The fourth-order valence-electron chi connectivity index (χ4n) is 3.05. The smallest absolute Gasteiger partial charge is 0.228 e. The molecule has 0 aliphatic carbocycles. The standard InChI is InChI=1S/C20H25N3O2/c1-16-6-5-12-23(15-16)17-9-10-19(21-14-17)22-20(24)11-13-25-18-7-3-2-4-8-18/h2-4,7-10,14,16H,5-6,11-13,15H2,1H3,(H,21,22,24). The Morgan fingerprint density at radius 1 is 1.28 bits per heavy atom. The van der Waals surface area contributed by atoms with Crippen molar-refractivity contribution in [2.24, 2.45) is 5.92 Å². The van der Waals surface area contributed by atoms with Crippen LogP contribution in [0.2, 0.25) is 0 Å². The van der Waals surface area contributed by atoms with Gasteiger partial charge in [-0.25, -0.2) is 4.98 Å². The first-order chi connectivity index (χ1) is 12.2. The molecule has 0 radical (unpaired) electrons. The molecule has 2 heterocycles. The molecule has 3 rings (SSSR count). The molecule has 5 heteroatoms. The first-order valence-corrected chi connectivity index (χ1v) is 8.89. The second-order valence-corrected chi connectivity index (χ2v) is 6.55. The number of benzene rings is 1. The van der Waals surface area contributed by atoms with Gasteiger partial charge in [0.2, 0.25) is 5.91 Å². The van der Waals surface area contributed by atoms with E-state index in [-0.39, 0.29) is 5.91 Å². The lowest BCUT2D eigenvalue weighted by atomic mass is 10.00. The number of para-hydroxylation sites is 1. The van der Waals surface area contributed by atoms with Crippen LogP contribution in [0.3, 0.4) is 0 Å². The van der Waals surface area contributed by atoms with Gasteiger partial charge < -0.3 is 15.0 Å². The zero-order valence-corrected chi connectivity index (χ0v) is 14.6. The summed E-state index contributed by atoms with van der Waals surface area (Å²) in [6, 6.07) is 13.4.